The van der Waals surface area contributed by atoms with Crippen molar-refractivity contribution in [2.45, 2.75) is 6.92 Å². The van der Waals surface area contributed by atoms with Crippen LogP contribution in [0.3, 0.4) is 0 Å². The number of aromatic amines is 1. The van der Waals surface area contributed by atoms with E-state index in [4.69, 9.17) is 12.2 Å². The Bertz CT molecular complexity index is 754. The van der Waals surface area contributed by atoms with E-state index < -0.39 is 0 Å². The third-order valence-electron chi connectivity index (χ3n) is 3.27. The average molecular weight is 294 g/mol. The van der Waals surface area contributed by atoms with Crippen LogP contribution >= 0.6 is 12.2 Å². The standard InChI is InChI=1S/C17H14N2OS/c1-11-2-4-12(5-3-11)15-10-16(19-17(21)18-15)13-6-8-14(20)9-7-13/h2-10,20H,1H3,(H,18,19,21). The lowest BCUT2D eigenvalue weighted by Gasteiger charge is -2.06. The van der Waals surface area contributed by atoms with Gasteiger partial charge in [-0.3, -0.25) is 0 Å². The number of nitrogens with zero attached hydrogens (tertiary/aromatic N) is 1. The van der Waals surface area contributed by atoms with Crippen molar-refractivity contribution in [3.05, 3.63) is 64.9 Å². The molecule has 0 bridgehead atoms. The van der Waals surface area contributed by atoms with Crippen molar-refractivity contribution < 1.29 is 5.11 Å². The maximum atomic E-state index is 9.37. The molecule has 0 aliphatic heterocycles. The van der Waals surface area contributed by atoms with E-state index in [0.29, 0.717) is 4.77 Å². The van der Waals surface area contributed by atoms with Gasteiger partial charge >= 0.3 is 0 Å². The van der Waals surface area contributed by atoms with Crippen molar-refractivity contribution in [3.8, 4) is 28.3 Å². The molecule has 21 heavy (non-hydrogen) atoms. The predicted octanol–water partition coefficient (Wildman–Crippen LogP) is 4.49. The Kier molecular flexibility index (Phi) is 3.54. The maximum Gasteiger partial charge on any atom is 0.197 e. The fourth-order valence-electron chi connectivity index (χ4n) is 2.13. The van der Waals surface area contributed by atoms with E-state index in [1.165, 1.54) is 5.56 Å². The number of rotatable bonds is 2. The summed E-state index contributed by atoms with van der Waals surface area (Å²) in [4.78, 5) is 7.47. The SMILES string of the molecule is Cc1ccc(-c2cc(-c3ccc(O)cc3)nc(=S)[nH]2)cc1. The van der Waals surface area contributed by atoms with Gasteiger partial charge in [0.2, 0.25) is 0 Å². The molecule has 0 saturated heterocycles. The van der Waals surface area contributed by atoms with Gasteiger partial charge in [0.25, 0.3) is 0 Å². The summed E-state index contributed by atoms with van der Waals surface area (Å²) in [7, 11) is 0. The molecule has 1 heterocycles. The summed E-state index contributed by atoms with van der Waals surface area (Å²) in [5.74, 6) is 0.235. The Morgan fingerprint density at radius 3 is 2.24 bits per heavy atom. The first kappa shape index (κ1) is 13.5. The molecule has 2 aromatic carbocycles. The Balaban J connectivity index is 2.10. The lowest BCUT2D eigenvalue weighted by molar-refractivity contribution is 0.475. The van der Waals surface area contributed by atoms with Crippen LogP contribution in [0.4, 0.5) is 0 Å². The third-order valence-corrected chi connectivity index (χ3v) is 3.46. The van der Waals surface area contributed by atoms with E-state index in [0.717, 1.165) is 22.5 Å². The molecule has 0 unspecified atom stereocenters. The lowest BCUT2D eigenvalue weighted by atomic mass is 10.1. The maximum absolute atomic E-state index is 9.37. The fraction of sp³-hybridized carbons (Fsp3) is 0.0588. The number of hydrogen-bond acceptors (Lipinski definition) is 3. The molecule has 0 fully saturated rings. The van der Waals surface area contributed by atoms with Crippen molar-refractivity contribution in [2.75, 3.05) is 0 Å². The fourth-order valence-corrected chi connectivity index (χ4v) is 2.33. The van der Waals surface area contributed by atoms with Crippen LogP contribution in [-0.4, -0.2) is 15.1 Å². The van der Waals surface area contributed by atoms with Crippen LogP contribution in [0, 0.1) is 11.7 Å². The number of aromatic hydroxyl groups is 1. The summed E-state index contributed by atoms with van der Waals surface area (Å²) < 4.78 is 0.441. The number of phenolic OH excluding ortho intramolecular Hbond substituents is 1. The summed E-state index contributed by atoms with van der Waals surface area (Å²) >= 11 is 5.22. The minimum atomic E-state index is 0.235. The Morgan fingerprint density at radius 2 is 1.57 bits per heavy atom. The first-order valence-corrected chi connectivity index (χ1v) is 7.00. The number of phenols is 1. The van der Waals surface area contributed by atoms with Crippen molar-refractivity contribution in [3.63, 3.8) is 0 Å². The highest BCUT2D eigenvalue weighted by Gasteiger charge is 2.04. The number of aromatic nitrogens is 2. The molecule has 2 N–H and O–H groups in total. The van der Waals surface area contributed by atoms with Gasteiger partial charge in [0.05, 0.1) is 5.69 Å². The quantitative estimate of drug-likeness (QED) is 0.685. The van der Waals surface area contributed by atoms with Crippen molar-refractivity contribution in [2.24, 2.45) is 0 Å². The highest BCUT2D eigenvalue weighted by atomic mass is 32.1. The molecule has 3 nitrogen and oxygen atoms in total. The zero-order valence-electron chi connectivity index (χ0n) is 11.5. The Morgan fingerprint density at radius 1 is 0.952 bits per heavy atom. The van der Waals surface area contributed by atoms with Crippen molar-refractivity contribution in [1.82, 2.24) is 9.97 Å². The zero-order chi connectivity index (χ0) is 14.8. The van der Waals surface area contributed by atoms with Gasteiger partial charge in [0.1, 0.15) is 5.75 Å². The molecule has 3 rings (SSSR count). The van der Waals surface area contributed by atoms with Crippen molar-refractivity contribution in [1.29, 1.82) is 0 Å². The monoisotopic (exact) mass is 294 g/mol. The van der Waals surface area contributed by atoms with Gasteiger partial charge in [0.15, 0.2) is 4.77 Å². The van der Waals surface area contributed by atoms with Crippen LogP contribution in [-0.2, 0) is 0 Å². The van der Waals surface area contributed by atoms with Gasteiger partial charge in [-0.1, -0.05) is 29.8 Å². The topological polar surface area (TPSA) is 48.9 Å². The molecule has 0 amide bonds. The zero-order valence-corrected chi connectivity index (χ0v) is 12.3. The minimum Gasteiger partial charge on any atom is -0.508 e. The smallest absolute Gasteiger partial charge is 0.197 e. The van der Waals surface area contributed by atoms with E-state index in [1.807, 2.05) is 18.2 Å². The van der Waals surface area contributed by atoms with Crippen LogP contribution in [0.25, 0.3) is 22.5 Å². The molecule has 0 atom stereocenters. The largest absolute Gasteiger partial charge is 0.508 e. The van der Waals surface area contributed by atoms with Crippen LogP contribution in [0.15, 0.2) is 54.6 Å². The molecular formula is C17H14N2OS. The van der Waals surface area contributed by atoms with Crippen molar-refractivity contribution >= 4 is 12.2 Å². The molecule has 0 aliphatic rings. The Hall–Kier alpha value is -2.46. The van der Waals surface area contributed by atoms with Gasteiger partial charge in [-0.2, -0.15) is 0 Å². The molecule has 3 aromatic rings. The summed E-state index contributed by atoms with van der Waals surface area (Å²) in [5, 5.41) is 9.37. The first-order chi connectivity index (χ1) is 10.1. The van der Waals surface area contributed by atoms with E-state index in [1.54, 1.807) is 12.1 Å². The van der Waals surface area contributed by atoms with Gasteiger partial charge < -0.3 is 10.1 Å². The second-order valence-corrected chi connectivity index (χ2v) is 5.28. The van der Waals surface area contributed by atoms with E-state index in [9.17, 15) is 5.11 Å². The molecule has 0 radical (unpaired) electrons. The third kappa shape index (κ3) is 3.01. The van der Waals surface area contributed by atoms with Crippen LogP contribution < -0.4 is 0 Å². The average Bonchev–Trinajstić information content (AvgIpc) is 2.48. The molecule has 104 valence electrons. The lowest BCUT2D eigenvalue weighted by Crippen LogP contribution is -1.91. The van der Waals surface area contributed by atoms with E-state index in [2.05, 4.69) is 41.2 Å². The second kappa shape index (κ2) is 5.50. The molecule has 4 heteroatoms. The van der Waals surface area contributed by atoms with Gasteiger partial charge in [-0.15, -0.1) is 0 Å². The summed E-state index contributed by atoms with van der Waals surface area (Å²) in [5.41, 5.74) is 4.91. The van der Waals surface area contributed by atoms with Gasteiger partial charge in [-0.25, -0.2) is 4.98 Å². The molecule has 0 saturated carbocycles. The number of aryl methyl sites for hydroxylation is 1. The number of H-pyrrole nitrogens is 1. The normalized spacial score (nSPS) is 10.5. The molecular weight excluding hydrogens is 280 g/mol. The number of nitrogens with one attached hydrogen (secondary N) is 1. The van der Waals surface area contributed by atoms with Crippen LogP contribution in [0.2, 0.25) is 0 Å². The highest BCUT2D eigenvalue weighted by molar-refractivity contribution is 7.71. The summed E-state index contributed by atoms with van der Waals surface area (Å²) in [6.07, 6.45) is 0. The molecule has 0 aliphatic carbocycles. The number of hydrogen-bond donors (Lipinski definition) is 2. The predicted molar refractivity (Wildman–Crippen MR) is 86.7 cm³/mol. The summed E-state index contributed by atoms with van der Waals surface area (Å²) in [6.45, 7) is 2.06. The first-order valence-electron chi connectivity index (χ1n) is 6.60. The van der Waals surface area contributed by atoms with Gasteiger partial charge in [-0.05, 0) is 55.0 Å². The Labute approximate surface area is 128 Å². The minimum absolute atomic E-state index is 0.235. The summed E-state index contributed by atoms with van der Waals surface area (Å²) in [6, 6.07) is 17.1. The molecule has 0 spiro atoms. The van der Waals surface area contributed by atoms with E-state index >= 15 is 0 Å². The van der Waals surface area contributed by atoms with Crippen LogP contribution in [0.5, 0.6) is 5.75 Å². The number of benzene rings is 2. The van der Waals surface area contributed by atoms with Crippen LogP contribution in [0.1, 0.15) is 5.56 Å². The second-order valence-electron chi connectivity index (χ2n) is 4.90. The highest BCUT2D eigenvalue weighted by Crippen LogP contribution is 2.24. The van der Waals surface area contributed by atoms with Gasteiger partial charge in [0, 0.05) is 11.3 Å². The van der Waals surface area contributed by atoms with E-state index in [-0.39, 0.29) is 5.75 Å². The molecule has 1 aromatic heterocycles.